The number of aryl methyl sites for hydroxylation is 1. The smallest absolute Gasteiger partial charge is 0.273 e. The molecule has 1 amide bonds. The molecule has 1 saturated carbocycles. The minimum atomic E-state index is -0.125. The normalized spacial score (nSPS) is 18.9. The molecule has 2 aromatic rings. The molecule has 1 atom stereocenters. The van der Waals surface area contributed by atoms with Gasteiger partial charge in [0.05, 0.1) is 27.5 Å². The number of aromatic nitrogens is 3. The van der Waals surface area contributed by atoms with E-state index >= 15 is 0 Å². The number of nitrogens with one attached hydrogen (secondary N) is 1. The van der Waals surface area contributed by atoms with E-state index in [2.05, 4.69) is 20.5 Å². The van der Waals surface area contributed by atoms with Gasteiger partial charge in [0, 0.05) is 25.2 Å². The summed E-state index contributed by atoms with van der Waals surface area (Å²) < 4.78 is 18.3. The van der Waals surface area contributed by atoms with Gasteiger partial charge in [0.1, 0.15) is 0 Å². The van der Waals surface area contributed by atoms with E-state index in [9.17, 15) is 4.79 Å². The molecule has 2 aliphatic rings. The van der Waals surface area contributed by atoms with Crippen molar-refractivity contribution < 1.29 is 19.0 Å². The number of likely N-dealkylation sites (tertiary alicyclic amines) is 1. The topological polar surface area (TPSA) is 90.7 Å². The third kappa shape index (κ3) is 5.32. The van der Waals surface area contributed by atoms with Crippen LogP contribution in [0.4, 0.5) is 0 Å². The number of piperidine rings is 1. The molecule has 32 heavy (non-hydrogen) atoms. The second kappa shape index (κ2) is 10.2. The van der Waals surface area contributed by atoms with Crippen molar-refractivity contribution >= 4 is 5.91 Å². The van der Waals surface area contributed by atoms with Crippen LogP contribution in [0.1, 0.15) is 54.6 Å². The monoisotopic (exact) mass is 443 g/mol. The van der Waals surface area contributed by atoms with Crippen LogP contribution >= 0.6 is 0 Å². The van der Waals surface area contributed by atoms with Crippen LogP contribution in [0.2, 0.25) is 0 Å². The Labute approximate surface area is 189 Å². The summed E-state index contributed by atoms with van der Waals surface area (Å²) in [7, 11) is 4.90. The molecule has 0 radical (unpaired) electrons. The zero-order valence-electron chi connectivity index (χ0n) is 19.2. The van der Waals surface area contributed by atoms with E-state index in [0.717, 1.165) is 50.9 Å². The number of methoxy groups -OCH3 is 3. The number of hydrogen-bond acceptors (Lipinski definition) is 7. The number of carbonyl (C=O) groups is 1. The molecule has 1 aliphatic carbocycles. The maximum absolute atomic E-state index is 12.2. The third-order valence-corrected chi connectivity index (χ3v) is 6.23. The van der Waals surface area contributed by atoms with Crippen molar-refractivity contribution in [1.29, 1.82) is 0 Å². The Hall–Kier alpha value is -2.81. The molecule has 0 unspecified atom stereocenters. The molecular weight excluding hydrogens is 410 g/mol. The molecule has 0 spiro atoms. The zero-order valence-corrected chi connectivity index (χ0v) is 19.2. The summed E-state index contributed by atoms with van der Waals surface area (Å²) in [4.78, 5) is 14.7. The lowest BCUT2D eigenvalue weighted by Gasteiger charge is -2.36. The second-order valence-electron chi connectivity index (χ2n) is 8.56. The van der Waals surface area contributed by atoms with Crippen LogP contribution in [0.25, 0.3) is 0 Å². The Bertz CT molecular complexity index is 902. The van der Waals surface area contributed by atoms with E-state index in [1.807, 2.05) is 12.1 Å². The Morgan fingerprint density at radius 3 is 2.50 bits per heavy atom. The van der Waals surface area contributed by atoms with Crippen molar-refractivity contribution in [2.75, 3.05) is 27.9 Å². The minimum Gasteiger partial charge on any atom is -0.493 e. The van der Waals surface area contributed by atoms with Crippen LogP contribution in [0, 0.1) is 0 Å². The molecule has 2 fully saturated rings. The Kier molecular flexibility index (Phi) is 7.14. The summed E-state index contributed by atoms with van der Waals surface area (Å²) in [5.41, 5.74) is 1.53. The maximum atomic E-state index is 12.2. The summed E-state index contributed by atoms with van der Waals surface area (Å²) in [5.74, 6) is 1.84. The van der Waals surface area contributed by atoms with E-state index in [4.69, 9.17) is 14.2 Å². The van der Waals surface area contributed by atoms with E-state index in [-0.39, 0.29) is 5.91 Å². The first kappa shape index (κ1) is 22.4. The summed E-state index contributed by atoms with van der Waals surface area (Å²) in [6, 6.07) is 4.80. The van der Waals surface area contributed by atoms with Gasteiger partial charge in [-0.25, -0.2) is 0 Å². The number of ether oxygens (including phenoxy) is 3. The van der Waals surface area contributed by atoms with Gasteiger partial charge in [-0.15, -0.1) is 5.10 Å². The largest absolute Gasteiger partial charge is 0.493 e. The van der Waals surface area contributed by atoms with Crippen LogP contribution in [-0.4, -0.2) is 65.8 Å². The van der Waals surface area contributed by atoms with Crippen molar-refractivity contribution in [3.63, 3.8) is 0 Å². The van der Waals surface area contributed by atoms with Crippen LogP contribution in [-0.2, 0) is 13.1 Å². The van der Waals surface area contributed by atoms with Gasteiger partial charge in [0.15, 0.2) is 17.2 Å². The average molecular weight is 444 g/mol. The Morgan fingerprint density at radius 2 is 1.84 bits per heavy atom. The van der Waals surface area contributed by atoms with Crippen LogP contribution < -0.4 is 19.5 Å². The summed E-state index contributed by atoms with van der Waals surface area (Å²) in [6.45, 7) is 2.60. The molecule has 1 aromatic heterocycles. The molecule has 0 bridgehead atoms. The van der Waals surface area contributed by atoms with Gasteiger partial charge in [-0.05, 0) is 56.3 Å². The summed E-state index contributed by atoms with van der Waals surface area (Å²) >= 11 is 0. The lowest BCUT2D eigenvalue weighted by atomic mass is 9.98. The quantitative estimate of drug-likeness (QED) is 0.604. The number of carbonyl (C=O) groups excluding carboxylic acids is 1. The van der Waals surface area contributed by atoms with Crippen molar-refractivity contribution in [3.8, 4) is 17.2 Å². The van der Waals surface area contributed by atoms with Crippen molar-refractivity contribution in [1.82, 2.24) is 25.2 Å². The molecule has 1 aromatic carbocycles. The molecular formula is C23H33N5O4. The van der Waals surface area contributed by atoms with Crippen LogP contribution in [0.15, 0.2) is 18.3 Å². The van der Waals surface area contributed by atoms with Gasteiger partial charge in [0.25, 0.3) is 5.91 Å². The van der Waals surface area contributed by atoms with Gasteiger partial charge in [0.2, 0.25) is 5.75 Å². The third-order valence-electron chi connectivity index (χ3n) is 6.23. The first-order chi connectivity index (χ1) is 15.6. The van der Waals surface area contributed by atoms with Crippen LogP contribution in [0.5, 0.6) is 17.2 Å². The second-order valence-corrected chi connectivity index (χ2v) is 8.56. The van der Waals surface area contributed by atoms with Crippen LogP contribution in [0.3, 0.4) is 0 Å². The Morgan fingerprint density at radius 1 is 1.09 bits per heavy atom. The summed E-state index contributed by atoms with van der Waals surface area (Å²) in [5, 5.41) is 11.2. The van der Waals surface area contributed by atoms with Gasteiger partial charge in [-0.2, -0.15) is 0 Å². The van der Waals surface area contributed by atoms with E-state index in [1.165, 1.54) is 12.8 Å². The van der Waals surface area contributed by atoms with Crippen molar-refractivity contribution in [3.05, 3.63) is 29.6 Å². The number of rotatable bonds is 10. The van der Waals surface area contributed by atoms with Crippen molar-refractivity contribution in [2.24, 2.45) is 0 Å². The highest BCUT2D eigenvalue weighted by Crippen LogP contribution is 2.39. The SMILES string of the molecule is COc1cc(CN2CCCC[C@H]2CCn2cc(C(=O)NC3CC3)nn2)cc(OC)c1OC. The van der Waals surface area contributed by atoms with Gasteiger partial charge in [-0.3, -0.25) is 14.4 Å². The molecule has 9 nitrogen and oxygen atoms in total. The predicted molar refractivity (Wildman–Crippen MR) is 119 cm³/mol. The molecule has 1 saturated heterocycles. The lowest BCUT2D eigenvalue weighted by molar-refractivity contribution is 0.0946. The van der Waals surface area contributed by atoms with E-state index < -0.39 is 0 Å². The van der Waals surface area contributed by atoms with Gasteiger partial charge >= 0.3 is 0 Å². The first-order valence-electron chi connectivity index (χ1n) is 11.3. The molecule has 174 valence electrons. The fraction of sp³-hybridized carbons (Fsp3) is 0.609. The zero-order chi connectivity index (χ0) is 22.5. The highest BCUT2D eigenvalue weighted by atomic mass is 16.5. The molecule has 4 rings (SSSR count). The molecule has 9 heteroatoms. The predicted octanol–water partition coefficient (Wildman–Crippen LogP) is 2.64. The first-order valence-corrected chi connectivity index (χ1v) is 11.3. The van der Waals surface area contributed by atoms with Crippen molar-refractivity contribution in [2.45, 2.75) is 63.7 Å². The van der Waals surface area contributed by atoms with Gasteiger partial charge in [-0.1, -0.05) is 11.6 Å². The fourth-order valence-electron chi connectivity index (χ4n) is 4.34. The fourth-order valence-corrected chi connectivity index (χ4v) is 4.34. The minimum absolute atomic E-state index is 0.125. The number of benzene rings is 1. The number of nitrogens with zero attached hydrogens (tertiary/aromatic N) is 4. The number of hydrogen-bond donors (Lipinski definition) is 1. The van der Waals surface area contributed by atoms with E-state index in [1.54, 1.807) is 32.2 Å². The Balaban J connectivity index is 1.39. The lowest BCUT2D eigenvalue weighted by Crippen LogP contribution is -2.39. The molecule has 2 heterocycles. The van der Waals surface area contributed by atoms with E-state index in [0.29, 0.717) is 35.0 Å². The average Bonchev–Trinajstić information content (AvgIpc) is 3.50. The maximum Gasteiger partial charge on any atom is 0.273 e. The highest BCUT2D eigenvalue weighted by Gasteiger charge is 2.26. The molecule has 1 N–H and O–H groups in total. The summed E-state index contributed by atoms with van der Waals surface area (Å²) in [6.07, 6.45) is 8.39. The standard InChI is InChI=1S/C23H33N5O4/c1-30-20-12-16(13-21(31-2)22(20)32-3)14-27-10-5-4-6-18(27)9-11-28-15-19(25-26-28)23(29)24-17-7-8-17/h12-13,15,17-18H,4-11,14H2,1-3H3,(H,24,29)/t18-/m0/s1. The number of amides is 1. The molecule has 1 aliphatic heterocycles. The van der Waals surface area contributed by atoms with Gasteiger partial charge < -0.3 is 19.5 Å². The highest BCUT2D eigenvalue weighted by molar-refractivity contribution is 5.92.